The van der Waals surface area contributed by atoms with Crippen molar-refractivity contribution in [2.24, 2.45) is 0 Å². The Bertz CT molecular complexity index is 675. The van der Waals surface area contributed by atoms with Gasteiger partial charge in [-0.1, -0.05) is 30.0 Å². The quantitative estimate of drug-likeness (QED) is 0.424. The van der Waals surface area contributed by atoms with Gasteiger partial charge in [0.15, 0.2) is 11.0 Å². The van der Waals surface area contributed by atoms with E-state index in [-0.39, 0.29) is 0 Å². The van der Waals surface area contributed by atoms with Crippen LogP contribution in [0.4, 0.5) is 0 Å². The molecule has 0 aliphatic heterocycles. The van der Waals surface area contributed by atoms with Gasteiger partial charge in [-0.3, -0.25) is 4.57 Å². The highest BCUT2D eigenvalue weighted by Gasteiger charge is 2.16. The molecule has 5 nitrogen and oxygen atoms in total. The van der Waals surface area contributed by atoms with Crippen molar-refractivity contribution in [3.63, 3.8) is 0 Å². The summed E-state index contributed by atoms with van der Waals surface area (Å²) in [6, 6.07) is 9.89. The maximum Gasteiger partial charge on any atom is 0.191 e. The van der Waals surface area contributed by atoms with E-state index in [0.29, 0.717) is 13.0 Å². The van der Waals surface area contributed by atoms with Crippen molar-refractivity contribution >= 4 is 11.8 Å². The second kappa shape index (κ2) is 8.25. The molecular formula is C16H18N4OS. The number of benzene rings is 1. The molecule has 0 aliphatic carbocycles. The predicted molar refractivity (Wildman–Crippen MR) is 87.8 cm³/mol. The summed E-state index contributed by atoms with van der Waals surface area (Å²) in [6.07, 6.45) is 3.22. The number of nitrogens with zero attached hydrogens (tertiary/aromatic N) is 4. The average Bonchev–Trinajstić information content (AvgIpc) is 2.94. The summed E-state index contributed by atoms with van der Waals surface area (Å²) in [7, 11) is 1.64. The lowest BCUT2D eigenvalue weighted by Crippen LogP contribution is -2.02. The van der Waals surface area contributed by atoms with Crippen molar-refractivity contribution < 1.29 is 4.74 Å². The zero-order valence-corrected chi connectivity index (χ0v) is 13.3. The Balaban J connectivity index is 2.30. The Morgan fingerprint density at radius 2 is 2.23 bits per heavy atom. The van der Waals surface area contributed by atoms with Crippen molar-refractivity contribution in [2.75, 3.05) is 12.9 Å². The van der Waals surface area contributed by atoms with Crippen LogP contribution in [0, 0.1) is 11.3 Å². The Morgan fingerprint density at radius 3 is 2.95 bits per heavy atom. The molecule has 0 aliphatic rings. The van der Waals surface area contributed by atoms with Crippen LogP contribution in [0.5, 0.6) is 5.75 Å². The van der Waals surface area contributed by atoms with E-state index in [1.54, 1.807) is 18.9 Å². The van der Waals surface area contributed by atoms with Crippen LogP contribution in [0.15, 0.2) is 42.1 Å². The largest absolute Gasteiger partial charge is 0.496 e. The minimum Gasteiger partial charge on any atom is -0.496 e. The second-order valence-corrected chi connectivity index (χ2v) is 5.58. The lowest BCUT2D eigenvalue weighted by molar-refractivity contribution is 0.416. The molecule has 0 saturated heterocycles. The van der Waals surface area contributed by atoms with Crippen LogP contribution < -0.4 is 4.74 Å². The topological polar surface area (TPSA) is 63.7 Å². The molecule has 0 saturated carbocycles. The smallest absolute Gasteiger partial charge is 0.191 e. The molecule has 0 fully saturated rings. The number of allylic oxidation sites excluding steroid dienone is 1. The third-order valence-corrected chi connectivity index (χ3v) is 4.09. The first-order valence-corrected chi connectivity index (χ1v) is 7.97. The first kappa shape index (κ1) is 16.1. The first-order chi connectivity index (χ1) is 10.8. The molecule has 2 rings (SSSR count). The minimum atomic E-state index is 0.558. The molecule has 22 heavy (non-hydrogen) atoms. The van der Waals surface area contributed by atoms with Crippen LogP contribution in [0.2, 0.25) is 0 Å². The maximum absolute atomic E-state index is 8.59. The molecule has 0 atom stereocenters. The van der Waals surface area contributed by atoms with Gasteiger partial charge in [0.25, 0.3) is 0 Å². The molecule has 1 heterocycles. The summed E-state index contributed by atoms with van der Waals surface area (Å²) in [5.41, 5.74) is 0.906. The number of hydrogen-bond donors (Lipinski definition) is 0. The number of unbranched alkanes of at least 4 members (excludes halogenated alkanes) is 1. The van der Waals surface area contributed by atoms with Crippen molar-refractivity contribution in [3.05, 3.63) is 36.9 Å². The van der Waals surface area contributed by atoms with Gasteiger partial charge in [-0.2, -0.15) is 5.26 Å². The molecule has 0 radical (unpaired) electrons. The third kappa shape index (κ3) is 3.68. The summed E-state index contributed by atoms with van der Waals surface area (Å²) in [5.74, 6) is 2.37. The van der Waals surface area contributed by atoms with Crippen LogP contribution in [-0.2, 0) is 6.54 Å². The van der Waals surface area contributed by atoms with E-state index in [9.17, 15) is 0 Å². The zero-order valence-electron chi connectivity index (χ0n) is 12.5. The van der Waals surface area contributed by atoms with E-state index in [1.165, 1.54) is 0 Å². The highest BCUT2D eigenvalue weighted by molar-refractivity contribution is 7.99. The van der Waals surface area contributed by atoms with Gasteiger partial charge in [0.1, 0.15) is 5.75 Å². The molecule has 0 bridgehead atoms. The van der Waals surface area contributed by atoms with Gasteiger partial charge < -0.3 is 4.74 Å². The van der Waals surface area contributed by atoms with Gasteiger partial charge in [-0.15, -0.1) is 16.8 Å². The molecular weight excluding hydrogens is 296 g/mol. The van der Waals surface area contributed by atoms with Gasteiger partial charge >= 0.3 is 0 Å². The average molecular weight is 314 g/mol. The van der Waals surface area contributed by atoms with E-state index in [1.807, 2.05) is 34.9 Å². The van der Waals surface area contributed by atoms with Crippen molar-refractivity contribution in [1.29, 1.82) is 5.26 Å². The van der Waals surface area contributed by atoms with Crippen LogP contribution in [0.1, 0.15) is 12.8 Å². The molecule has 0 unspecified atom stereocenters. The van der Waals surface area contributed by atoms with Gasteiger partial charge in [-0.05, 0) is 18.6 Å². The summed E-state index contributed by atoms with van der Waals surface area (Å²) >= 11 is 1.61. The van der Waals surface area contributed by atoms with E-state index < -0.39 is 0 Å². The number of para-hydroxylation sites is 1. The van der Waals surface area contributed by atoms with Crippen molar-refractivity contribution in [1.82, 2.24) is 14.8 Å². The fourth-order valence-electron chi connectivity index (χ4n) is 2.03. The predicted octanol–water partition coefficient (Wildman–Crippen LogP) is 3.54. The molecule has 1 aromatic heterocycles. The number of methoxy groups -OCH3 is 1. The molecule has 6 heteroatoms. The van der Waals surface area contributed by atoms with Crippen LogP contribution >= 0.6 is 11.8 Å². The number of rotatable bonds is 8. The van der Waals surface area contributed by atoms with Crippen LogP contribution in [0.3, 0.4) is 0 Å². The highest BCUT2D eigenvalue weighted by Crippen LogP contribution is 2.31. The normalized spacial score (nSPS) is 10.2. The third-order valence-electron chi connectivity index (χ3n) is 3.04. The summed E-state index contributed by atoms with van der Waals surface area (Å²) in [6.45, 7) is 4.43. The number of ether oxygens (including phenoxy) is 1. The molecule has 0 N–H and O–H groups in total. The van der Waals surface area contributed by atoms with Crippen LogP contribution in [0.25, 0.3) is 11.4 Å². The highest BCUT2D eigenvalue weighted by atomic mass is 32.2. The van der Waals surface area contributed by atoms with E-state index in [4.69, 9.17) is 10.00 Å². The lowest BCUT2D eigenvalue weighted by atomic mass is 10.2. The number of nitriles is 1. The Hall–Kier alpha value is -2.26. The SMILES string of the molecule is C=CCn1c(SCCCC#N)nnc1-c1ccccc1OC. The zero-order chi connectivity index (χ0) is 15.8. The number of thioether (sulfide) groups is 1. The fraction of sp³-hybridized carbons (Fsp3) is 0.312. The monoisotopic (exact) mass is 314 g/mol. The van der Waals surface area contributed by atoms with Gasteiger partial charge in [0.05, 0.1) is 18.7 Å². The summed E-state index contributed by atoms with van der Waals surface area (Å²) < 4.78 is 7.42. The standard InChI is InChI=1S/C16H18N4OS/c1-3-11-20-15(13-8-4-5-9-14(13)21-2)18-19-16(20)22-12-7-6-10-17/h3-5,8-9H,1,6-7,11-12H2,2H3. The number of aromatic nitrogens is 3. The number of hydrogen-bond acceptors (Lipinski definition) is 5. The van der Waals surface area contributed by atoms with Gasteiger partial charge in [0, 0.05) is 18.7 Å². The van der Waals surface area contributed by atoms with E-state index in [0.717, 1.165) is 34.5 Å². The van der Waals surface area contributed by atoms with E-state index in [2.05, 4.69) is 22.8 Å². The molecule has 114 valence electrons. The Labute approximate surface area is 134 Å². The van der Waals surface area contributed by atoms with Gasteiger partial charge in [0.2, 0.25) is 0 Å². The van der Waals surface area contributed by atoms with Crippen LogP contribution in [-0.4, -0.2) is 27.6 Å². The Morgan fingerprint density at radius 1 is 1.41 bits per heavy atom. The first-order valence-electron chi connectivity index (χ1n) is 6.99. The summed E-state index contributed by atoms with van der Waals surface area (Å²) in [5, 5.41) is 18.0. The molecule has 1 aromatic carbocycles. The minimum absolute atomic E-state index is 0.558. The van der Waals surface area contributed by atoms with Crippen molar-refractivity contribution in [3.8, 4) is 23.2 Å². The molecule has 2 aromatic rings. The van der Waals surface area contributed by atoms with E-state index >= 15 is 0 Å². The molecule has 0 amide bonds. The van der Waals surface area contributed by atoms with Crippen molar-refractivity contribution in [2.45, 2.75) is 24.5 Å². The summed E-state index contributed by atoms with van der Waals surface area (Å²) in [4.78, 5) is 0. The second-order valence-electron chi connectivity index (χ2n) is 4.52. The maximum atomic E-state index is 8.59. The molecule has 0 spiro atoms. The fourth-order valence-corrected chi connectivity index (χ4v) is 2.92. The van der Waals surface area contributed by atoms with Gasteiger partial charge in [-0.25, -0.2) is 0 Å². The lowest BCUT2D eigenvalue weighted by Gasteiger charge is -2.10. The Kier molecular flexibility index (Phi) is 6.04.